The summed E-state index contributed by atoms with van der Waals surface area (Å²) in [6, 6.07) is 22.0. The molecule has 17 nitrogen and oxygen atoms in total. The molecule has 5 aromatic rings. The van der Waals surface area contributed by atoms with Gasteiger partial charge in [-0.3, -0.25) is 43.7 Å². The molecule has 2 atom stereocenters. The summed E-state index contributed by atoms with van der Waals surface area (Å²) in [5.41, 5.74) is 3.53. The van der Waals surface area contributed by atoms with Crippen molar-refractivity contribution in [3.05, 3.63) is 119 Å². The predicted octanol–water partition coefficient (Wildman–Crippen LogP) is 6.94. The molecule has 0 spiro atoms. The number of imide groups is 1. The van der Waals surface area contributed by atoms with Crippen LogP contribution in [0.4, 0.5) is 11.4 Å². The molecule has 4 N–H and O–H groups in total. The van der Waals surface area contributed by atoms with Gasteiger partial charge in [-0.15, -0.1) is 23.2 Å². The van der Waals surface area contributed by atoms with E-state index in [1.54, 1.807) is 77.7 Å². The molecule has 3 aliphatic heterocycles. The number of phosphoric acid groups is 2. The SMILES string of the molecule is O=C1C=CC(=O)N1CCOCCOc1cc(/C=C/C(=O)N2C[C@@H](CCl)c3c2cc(OP(=O)(O)O)c2ccccc32)ccc1CCC(=O)N1C[C@@H](CCl)c2c1cc(OP(=O)(O)O)c1ccccc21. The Bertz CT molecular complexity index is 2940. The molecule has 0 radical (unpaired) electrons. The second-order valence-corrected chi connectivity index (χ2v) is 18.8. The standard InChI is InChI=1S/C46H43Cl2N3O14P2/c47-24-30-26-50(36-22-39(64-66(56,57)58)32-5-1-3-7-34(32)45(30)36)43(54)13-10-28-9-11-29(38(21-28)63-20-19-62-18-17-49-41(52)15-16-42(49)53)12-14-44(55)51-27-31(25-48)46-35-8-4-2-6-33(35)40(23-37(46)51)65-67(59,60)61/h1-11,13,15-16,21-23,30-31H,12,14,17-20,24-27H2,(H2,56,57,58)(H2,59,60,61)/b13-10+/t30-,31-/m1/s1. The summed E-state index contributed by atoms with van der Waals surface area (Å²) in [4.78, 5) is 94.7. The number of fused-ring (bicyclic) bond motifs is 6. The lowest BCUT2D eigenvalue weighted by atomic mass is 9.95. The van der Waals surface area contributed by atoms with Crippen molar-refractivity contribution in [2.75, 3.05) is 61.0 Å². The molecule has 0 fully saturated rings. The third kappa shape index (κ3) is 10.6. The number of alkyl halides is 2. The van der Waals surface area contributed by atoms with Crippen molar-refractivity contribution in [2.24, 2.45) is 0 Å². The van der Waals surface area contributed by atoms with Crippen molar-refractivity contribution in [1.29, 1.82) is 0 Å². The van der Waals surface area contributed by atoms with E-state index in [4.69, 9.17) is 41.7 Å². The molecular formula is C46H43Cl2N3O14P2. The summed E-state index contributed by atoms with van der Waals surface area (Å²) in [6.07, 6.45) is 5.49. The maximum Gasteiger partial charge on any atom is 0.524 e. The number of phosphoric ester groups is 2. The van der Waals surface area contributed by atoms with E-state index in [1.807, 2.05) is 0 Å². The maximum absolute atomic E-state index is 14.1. The Morgan fingerprint density at radius 1 is 0.687 bits per heavy atom. The maximum atomic E-state index is 14.1. The number of carbonyl (C=O) groups excluding carboxylic acids is 4. The van der Waals surface area contributed by atoms with Crippen LogP contribution in [0.3, 0.4) is 0 Å². The van der Waals surface area contributed by atoms with Gasteiger partial charge in [0.2, 0.25) is 5.91 Å². The highest BCUT2D eigenvalue weighted by Crippen LogP contribution is 2.51. The zero-order chi connectivity index (χ0) is 47.6. The molecule has 0 aromatic heterocycles. The first-order valence-corrected chi connectivity index (χ1v) is 25.1. The molecule has 3 heterocycles. The Morgan fingerprint density at radius 2 is 1.22 bits per heavy atom. The lowest BCUT2D eigenvalue weighted by Crippen LogP contribution is -2.33. The number of hydrogen-bond donors (Lipinski definition) is 4. The summed E-state index contributed by atoms with van der Waals surface area (Å²) in [5.74, 6) is -1.58. The lowest BCUT2D eigenvalue weighted by molar-refractivity contribution is -0.137. The minimum atomic E-state index is -4.96. The summed E-state index contributed by atoms with van der Waals surface area (Å²) in [5, 5.41) is 2.22. The second-order valence-electron chi connectivity index (χ2n) is 15.8. The summed E-state index contributed by atoms with van der Waals surface area (Å²) < 4.78 is 45.9. The van der Waals surface area contributed by atoms with Crippen molar-refractivity contribution in [1.82, 2.24) is 4.90 Å². The van der Waals surface area contributed by atoms with Crippen LogP contribution in [0.2, 0.25) is 0 Å². The van der Waals surface area contributed by atoms with Crippen molar-refractivity contribution in [3.63, 3.8) is 0 Å². The number of anilines is 2. The predicted molar refractivity (Wildman–Crippen MR) is 251 cm³/mol. The van der Waals surface area contributed by atoms with Gasteiger partial charge in [0, 0.05) is 84.2 Å². The van der Waals surface area contributed by atoms with Crippen LogP contribution in [0.5, 0.6) is 17.2 Å². The number of ether oxygens (including phenoxy) is 2. The third-order valence-corrected chi connectivity index (χ3v) is 13.2. The van der Waals surface area contributed by atoms with Crippen LogP contribution in [-0.4, -0.2) is 99.3 Å². The van der Waals surface area contributed by atoms with Gasteiger partial charge >= 0.3 is 15.6 Å². The summed E-state index contributed by atoms with van der Waals surface area (Å²) in [6.45, 7) is 0.669. The Labute approximate surface area is 393 Å². The monoisotopic (exact) mass is 993 g/mol. The zero-order valence-corrected chi connectivity index (χ0v) is 38.7. The number of halogens is 2. The number of rotatable bonds is 18. The van der Waals surface area contributed by atoms with E-state index in [0.717, 1.165) is 16.0 Å². The van der Waals surface area contributed by atoms with Crippen LogP contribution in [0.15, 0.2) is 97.1 Å². The lowest BCUT2D eigenvalue weighted by Gasteiger charge is -2.20. The molecule has 21 heteroatoms. The average Bonchev–Trinajstić information content (AvgIpc) is 3.97. The van der Waals surface area contributed by atoms with Crippen LogP contribution in [0.25, 0.3) is 27.6 Å². The highest BCUT2D eigenvalue weighted by atomic mass is 35.5. The largest absolute Gasteiger partial charge is 0.524 e. The Hall–Kier alpha value is -5.58. The van der Waals surface area contributed by atoms with Gasteiger partial charge in [-0.2, -0.15) is 0 Å². The molecule has 3 aliphatic rings. The van der Waals surface area contributed by atoms with Crippen LogP contribution < -0.4 is 23.6 Å². The molecule has 67 heavy (non-hydrogen) atoms. The summed E-state index contributed by atoms with van der Waals surface area (Å²) >= 11 is 12.8. The van der Waals surface area contributed by atoms with Crippen molar-refractivity contribution in [2.45, 2.75) is 24.7 Å². The third-order valence-electron chi connectivity index (χ3n) is 11.6. The molecule has 350 valence electrons. The minimum absolute atomic E-state index is 0.0130. The average molecular weight is 995 g/mol. The molecule has 4 amide bonds. The quantitative estimate of drug-likeness (QED) is 0.0229. The smallest absolute Gasteiger partial charge is 0.491 e. The number of amides is 4. The van der Waals surface area contributed by atoms with Crippen LogP contribution in [0.1, 0.15) is 40.5 Å². The fraction of sp³-hybridized carbons (Fsp3) is 0.261. The first-order chi connectivity index (χ1) is 32.0. The van der Waals surface area contributed by atoms with Gasteiger partial charge in [-0.1, -0.05) is 60.7 Å². The van der Waals surface area contributed by atoms with Gasteiger partial charge in [0.1, 0.15) is 23.9 Å². The van der Waals surface area contributed by atoms with E-state index in [9.17, 15) is 47.9 Å². The first kappa shape index (κ1) is 47.9. The fourth-order valence-corrected chi connectivity index (χ4v) is 10.0. The van der Waals surface area contributed by atoms with Crippen LogP contribution >= 0.6 is 38.8 Å². The Morgan fingerprint density at radius 3 is 1.78 bits per heavy atom. The molecule has 0 aliphatic carbocycles. The number of benzene rings is 5. The number of hydrogen-bond acceptors (Lipinski definition) is 10. The van der Waals surface area contributed by atoms with Gasteiger partial charge in [-0.05, 0) is 51.6 Å². The fourth-order valence-electron chi connectivity index (χ4n) is 8.70. The minimum Gasteiger partial charge on any atom is -0.491 e. The second kappa shape index (κ2) is 19.9. The highest BCUT2D eigenvalue weighted by molar-refractivity contribution is 7.47. The van der Waals surface area contributed by atoms with Gasteiger partial charge in [0.05, 0.1) is 31.1 Å². The molecular weight excluding hydrogens is 951 g/mol. The van der Waals surface area contributed by atoms with Crippen LogP contribution in [-0.2, 0) is 39.5 Å². The topological polar surface area (TPSA) is 230 Å². The van der Waals surface area contributed by atoms with Crippen molar-refractivity contribution < 1.29 is 66.4 Å². The van der Waals surface area contributed by atoms with E-state index in [1.165, 1.54) is 35.3 Å². The number of nitrogens with zero attached hydrogens (tertiary/aromatic N) is 3. The number of aryl methyl sites for hydroxylation is 1. The molecule has 0 bridgehead atoms. The van der Waals surface area contributed by atoms with Crippen molar-refractivity contribution >= 4 is 101 Å². The molecule has 0 saturated carbocycles. The summed E-state index contributed by atoms with van der Waals surface area (Å²) in [7, 11) is -9.93. The molecule has 0 saturated heterocycles. The van der Waals surface area contributed by atoms with Crippen LogP contribution in [0, 0.1) is 0 Å². The van der Waals surface area contributed by atoms with Crippen molar-refractivity contribution in [3.8, 4) is 17.2 Å². The highest BCUT2D eigenvalue weighted by Gasteiger charge is 2.37. The molecule has 8 rings (SSSR count). The van der Waals surface area contributed by atoms with E-state index in [-0.39, 0.29) is 93.3 Å². The van der Waals surface area contributed by atoms with E-state index >= 15 is 0 Å². The van der Waals surface area contributed by atoms with Gasteiger partial charge < -0.3 is 28.3 Å². The Kier molecular flexibility index (Phi) is 14.3. The van der Waals surface area contributed by atoms with E-state index in [2.05, 4.69) is 0 Å². The number of carbonyl (C=O) groups is 4. The van der Waals surface area contributed by atoms with E-state index < -0.39 is 33.4 Å². The van der Waals surface area contributed by atoms with E-state index in [0.29, 0.717) is 49.8 Å². The van der Waals surface area contributed by atoms with Gasteiger partial charge in [0.25, 0.3) is 17.7 Å². The zero-order valence-electron chi connectivity index (χ0n) is 35.4. The van der Waals surface area contributed by atoms with Gasteiger partial charge in [0.15, 0.2) is 0 Å². The van der Waals surface area contributed by atoms with Gasteiger partial charge in [-0.25, -0.2) is 9.13 Å². The molecule has 0 unspecified atom stereocenters. The normalized spacial score (nSPS) is 17.0. The molecule has 5 aromatic carbocycles. The Balaban J connectivity index is 1.03. The first-order valence-electron chi connectivity index (χ1n) is 20.9.